The summed E-state index contributed by atoms with van der Waals surface area (Å²) in [5.41, 5.74) is 18.2. The summed E-state index contributed by atoms with van der Waals surface area (Å²) < 4.78 is 15.7. The zero-order valence-corrected chi connectivity index (χ0v) is 39.7. The van der Waals surface area contributed by atoms with Crippen LogP contribution in [0.15, 0.2) is 262 Å². The number of benzene rings is 11. The number of rotatable bonds is 8. The molecule has 0 aliphatic rings. The molecule has 0 amide bonds. The molecule has 0 radical (unpaired) electrons. The lowest BCUT2D eigenvalue weighted by atomic mass is 10.0. The number of fused-ring (bicyclic) bond motifs is 12. The van der Waals surface area contributed by atoms with Gasteiger partial charge in [-0.05, 0) is 125 Å². The molecular formula is C68H44N4O. The second kappa shape index (κ2) is 16.1. The molecule has 0 fully saturated rings. The van der Waals surface area contributed by atoms with Crippen LogP contribution in [-0.2, 0) is 0 Å². The van der Waals surface area contributed by atoms with E-state index in [9.17, 15) is 0 Å². The van der Waals surface area contributed by atoms with Crippen LogP contribution in [0.1, 0.15) is 0 Å². The maximum absolute atomic E-state index is 6.21. The zero-order chi connectivity index (χ0) is 48.1. The van der Waals surface area contributed by atoms with Gasteiger partial charge in [-0.15, -0.1) is 0 Å². The second-order valence-electron chi connectivity index (χ2n) is 19.0. The average molecular weight is 933 g/mol. The van der Waals surface area contributed by atoms with E-state index in [2.05, 4.69) is 274 Å². The SMILES string of the molecule is C=COc1cc(-n2c3ccccc3c3cc(-c4ccc5c(c4)c4ccccc4n5-c4ccccc4)ccc32)cc(-n2c3ccccc3c3cc(-c4ccc5c(c4)c4ccccc4n5-c4ccccc4)ccc32)c1. The number of aromatic nitrogens is 4. The molecule has 15 rings (SSSR count). The van der Waals surface area contributed by atoms with Crippen molar-refractivity contribution in [3.05, 3.63) is 262 Å². The van der Waals surface area contributed by atoms with Crippen molar-refractivity contribution in [1.82, 2.24) is 18.3 Å². The van der Waals surface area contributed by atoms with E-state index in [0.717, 1.165) is 44.8 Å². The molecule has 342 valence electrons. The van der Waals surface area contributed by atoms with Crippen LogP contribution >= 0.6 is 0 Å². The first-order valence-corrected chi connectivity index (χ1v) is 24.8. The fourth-order valence-electron chi connectivity index (χ4n) is 11.9. The Morgan fingerprint density at radius 1 is 0.247 bits per heavy atom. The molecule has 5 heteroatoms. The highest BCUT2D eigenvalue weighted by atomic mass is 16.5. The molecule has 0 saturated heterocycles. The maximum Gasteiger partial charge on any atom is 0.130 e. The lowest BCUT2D eigenvalue weighted by Gasteiger charge is -2.15. The van der Waals surface area contributed by atoms with Crippen LogP contribution in [0.5, 0.6) is 5.75 Å². The number of hydrogen-bond acceptors (Lipinski definition) is 1. The molecule has 0 bridgehead atoms. The van der Waals surface area contributed by atoms with Gasteiger partial charge in [0, 0.05) is 66.6 Å². The molecule has 73 heavy (non-hydrogen) atoms. The standard InChI is InChI=1S/C68H44N4O/c1-2-73-52-42-50(71-63-27-15-11-23-55(63)59-39-46(31-35-67(59)71)44-29-33-65-57(37-44)53-21-9-13-25-61(53)69(65)48-17-5-3-6-18-48)41-51(43-52)72-64-28-16-12-24-56(64)60-40-47(32-36-68(60)72)45-30-34-66-58(38-45)54-22-10-14-26-62(54)70(66)49-19-7-4-8-20-49/h2-43H,1H2. The highest BCUT2D eigenvalue weighted by Gasteiger charge is 2.20. The van der Waals surface area contributed by atoms with Crippen molar-refractivity contribution in [2.45, 2.75) is 0 Å². The van der Waals surface area contributed by atoms with E-state index in [1.54, 1.807) is 0 Å². The third kappa shape index (κ3) is 6.29. The first kappa shape index (κ1) is 41.0. The van der Waals surface area contributed by atoms with Crippen LogP contribution in [0.25, 0.3) is 132 Å². The van der Waals surface area contributed by atoms with Gasteiger partial charge in [-0.3, -0.25) is 0 Å². The van der Waals surface area contributed by atoms with Gasteiger partial charge in [0.2, 0.25) is 0 Å². The number of para-hydroxylation sites is 6. The van der Waals surface area contributed by atoms with E-state index in [0.29, 0.717) is 5.75 Å². The van der Waals surface area contributed by atoms with Gasteiger partial charge in [-0.1, -0.05) is 140 Å². The molecular weight excluding hydrogens is 889 g/mol. The molecule has 4 aromatic heterocycles. The van der Waals surface area contributed by atoms with Gasteiger partial charge in [0.05, 0.1) is 61.8 Å². The molecule has 0 spiro atoms. The van der Waals surface area contributed by atoms with Crippen LogP contribution in [0.4, 0.5) is 0 Å². The summed E-state index contributed by atoms with van der Waals surface area (Å²) in [7, 11) is 0. The average Bonchev–Trinajstić information content (AvgIpc) is 4.18. The van der Waals surface area contributed by atoms with E-state index < -0.39 is 0 Å². The molecule has 4 heterocycles. The minimum absolute atomic E-state index is 0.707. The first-order valence-electron chi connectivity index (χ1n) is 24.8. The predicted octanol–water partition coefficient (Wildman–Crippen LogP) is 17.9. The molecule has 0 saturated carbocycles. The molecule has 11 aromatic carbocycles. The van der Waals surface area contributed by atoms with Crippen molar-refractivity contribution in [2.24, 2.45) is 0 Å². The fraction of sp³-hybridized carbons (Fsp3) is 0. The van der Waals surface area contributed by atoms with Crippen LogP contribution in [0.2, 0.25) is 0 Å². The van der Waals surface area contributed by atoms with Crippen molar-refractivity contribution in [1.29, 1.82) is 0 Å². The molecule has 0 atom stereocenters. The van der Waals surface area contributed by atoms with Crippen LogP contribution < -0.4 is 4.74 Å². The van der Waals surface area contributed by atoms with E-state index in [4.69, 9.17) is 4.74 Å². The summed E-state index contributed by atoms with van der Waals surface area (Å²) in [6, 6.07) is 90.3. The van der Waals surface area contributed by atoms with Gasteiger partial charge in [-0.2, -0.15) is 0 Å². The fourth-order valence-corrected chi connectivity index (χ4v) is 11.9. The van der Waals surface area contributed by atoms with E-state index in [-0.39, 0.29) is 0 Å². The summed E-state index contributed by atoms with van der Waals surface area (Å²) in [6.45, 7) is 3.98. The van der Waals surface area contributed by atoms with Gasteiger partial charge in [0.15, 0.2) is 0 Å². The largest absolute Gasteiger partial charge is 0.465 e. The van der Waals surface area contributed by atoms with E-state index in [1.807, 2.05) is 0 Å². The summed E-state index contributed by atoms with van der Waals surface area (Å²) in [5.74, 6) is 0.707. The van der Waals surface area contributed by atoms with Gasteiger partial charge in [0.1, 0.15) is 5.75 Å². The smallest absolute Gasteiger partial charge is 0.130 e. The van der Waals surface area contributed by atoms with Crippen LogP contribution in [-0.4, -0.2) is 18.3 Å². The van der Waals surface area contributed by atoms with E-state index in [1.165, 1.54) is 93.7 Å². The minimum atomic E-state index is 0.707. The van der Waals surface area contributed by atoms with Crippen molar-refractivity contribution in [3.8, 4) is 50.8 Å². The Morgan fingerprint density at radius 2 is 0.521 bits per heavy atom. The number of ether oxygens (including phenoxy) is 1. The Labute approximate surface area is 420 Å². The zero-order valence-electron chi connectivity index (χ0n) is 39.7. The summed E-state index contributed by atoms with van der Waals surface area (Å²) in [5, 5.41) is 9.68. The lowest BCUT2D eigenvalue weighted by Crippen LogP contribution is -2.00. The first-order chi connectivity index (χ1) is 36.2. The quantitative estimate of drug-likeness (QED) is 0.140. The van der Waals surface area contributed by atoms with Crippen molar-refractivity contribution < 1.29 is 4.74 Å². The molecule has 0 aliphatic carbocycles. The van der Waals surface area contributed by atoms with Crippen molar-refractivity contribution in [3.63, 3.8) is 0 Å². The van der Waals surface area contributed by atoms with Gasteiger partial charge >= 0.3 is 0 Å². The number of hydrogen-bond donors (Lipinski definition) is 0. The topological polar surface area (TPSA) is 28.9 Å². The number of nitrogens with zero attached hydrogens (tertiary/aromatic N) is 4. The Hall–Kier alpha value is -9.84. The van der Waals surface area contributed by atoms with Crippen LogP contribution in [0, 0.1) is 0 Å². The van der Waals surface area contributed by atoms with Gasteiger partial charge in [0.25, 0.3) is 0 Å². The third-order valence-corrected chi connectivity index (χ3v) is 15.0. The van der Waals surface area contributed by atoms with Crippen molar-refractivity contribution in [2.75, 3.05) is 0 Å². The summed E-state index contributed by atoms with van der Waals surface area (Å²) >= 11 is 0. The molecule has 15 aromatic rings. The molecule has 0 aliphatic heterocycles. The Bertz CT molecular complexity index is 4430. The molecule has 5 nitrogen and oxygen atoms in total. The summed E-state index contributed by atoms with van der Waals surface area (Å²) in [6.07, 6.45) is 1.52. The third-order valence-electron chi connectivity index (χ3n) is 15.0. The maximum atomic E-state index is 6.21. The Morgan fingerprint density at radius 3 is 0.836 bits per heavy atom. The highest BCUT2D eigenvalue weighted by Crippen LogP contribution is 2.42. The predicted molar refractivity (Wildman–Crippen MR) is 305 cm³/mol. The minimum Gasteiger partial charge on any atom is -0.465 e. The second-order valence-corrected chi connectivity index (χ2v) is 19.0. The van der Waals surface area contributed by atoms with Gasteiger partial charge < -0.3 is 23.0 Å². The lowest BCUT2D eigenvalue weighted by molar-refractivity contribution is 0.483. The highest BCUT2D eigenvalue weighted by molar-refractivity contribution is 6.15. The van der Waals surface area contributed by atoms with Gasteiger partial charge in [-0.25, -0.2) is 0 Å². The summed E-state index contributed by atoms with van der Waals surface area (Å²) in [4.78, 5) is 0. The van der Waals surface area contributed by atoms with Crippen LogP contribution in [0.3, 0.4) is 0 Å². The Kier molecular flexibility index (Phi) is 9.04. The Balaban J connectivity index is 0.870. The normalized spacial score (nSPS) is 11.9. The van der Waals surface area contributed by atoms with E-state index >= 15 is 0 Å². The monoisotopic (exact) mass is 932 g/mol. The molecule has 0 N–H and O–H groups in total. The molecule has 0 unspecified atom stereocenters. The van der Waals surface area contributed by atoms with Crippen molar-refractivity contribution >= 4 is 87.2 Å².